The summed E-state index contributed by atoms with van der Waals surface area (Å²) in [7, 11) is -3.01. The van der Waals surface area contributed by atoms with Crippen molar-refractivity contribution in [2.75, 3.05) is 23.4 Å². The quantitative estimate of drug-likeness (QED) is 0.874. The van der Waals surface area contributed by atoms with Gasteiger partial charge in [0.2, 0.25) is 5.91 Å². The predicted octanol–water partition coefficient (Wildman–Crippen LogP) is 1.19. The molecule has 2 N–H and O–H groups in total. The molecule has 1 heterocycles. The van der Waals surface area contributed by atoms with Crippen molar-refractivity contribution in [2.45, 2.75) is 12.5 Å². The van der Waals surface area contributed by atoms with E-state index in [9.17, 15) is 17.6 Å². The lowest BCUT2D eigenvalue weighted by atomic mass is 10.2. The maximum atomic E-state index is 12.9. The van der Waals surface area contributed by atoms with Crippen LogP contribution in [-0.2, 0) is 14.6 Å². The minimum atomic E-state index is -3.01. The molecule has 0 radical (unpaired) electrons. The molecule has 8 heteroatoms. The van der Waals surface area contributed by atoms with Gasteiger partial charge in [0, 0.05) is 11.7 Å². The molecule has 2 rings (SSSR count). The van der Waals surface area contributed by atoms with Crippen LogP contribution in [-0.4, -0.2) is 38.4 Å². The van der Waals surface area contributed by atoms with Crippen molar-refractivity contribution in [1.29, 1.82) is 0 Å². The Balaban J connectivity index is 1.82. The molecule has 0 bridgehead atoms. The van der Waals surface area contributed by atoms with Crippen LogP contribution in [0.25, 0.3) is 0 Å². The van der Waals surface area contributed by atoms with Crippen LogP contribution in [0.1, 0.15) is 6.42 Å². The van der Waals surface area contributed by atoms with Gasteiger partial charge >= 0.3 is 0 Å². The Labute approximate surface area is 121 Å². The van der Waals surface area contributed by atoms with Gasteiger partial charge in [0.05, 0.1) is 23.1 Å². The van der Waals surface area contributed by atoms with Gasteiger partial charge in [-0.05, 0) is 24.6 Å². The maximum absolute atomic E-state index is 12.9. The summed E-state index contributed by atoms with van der Waals surface area (Å²) in [6.07, 6.45) is 0.441. The molecule has 20 heavy (non-hydrogen) atoms. The summed E-state index contributed by atoms with van der Waals surface area (Å²) >= 11 is 5.62. The highest BCUT2D eigenvalue weighted by atomic mass is 35.5. The fourth-order valence-electron chi connectivity index (χ4n) is 1.98. The number of anilines is 1. The number of carbonyl (C=O) groups excluding carboxylic acids is 1. The Morgan fingerprint density at radius 2 is 2.20 bits per heavy atom. The molecular formula is C12H14ClFN2O3S. The summed E-state index contributed by atoms with van der Waals surface area (Å²) in [6.45, 7) is -0.0293. The lowest BCUT2D eigenvalue weighted by Gasteiger charge is -2.12. The minimum Gasteiger partial charge on any atom is -0.376 e. The molecule has 5 nitrogen and oxygen atoms in total. The first-order valence-electron chi connectivity index (χ1n) is 6.04. The fraction of sp³-hybridized carbons (Fsp3) is 0.417. The summed E-state index contributed by atoms with van der Waals surface area (Å²) in [4.78, 5) is 11.7. The van der Waals surface area contributed by atoms with Crippen LogP contribution in [0, 0.1) is 5.82 Å². The molecule has 1 saturated heterocycles. The van der Waals surface area contributed by atoms with E-state index in [-0.39, 0.29) is 35.0 Å². The predicted molar refractivity (Wildman–Crippen MR) is 75.1 cm³/mol. The number of nitrogens with one attached hydrogen (secondary N) is 2. The van der Waals surface area contributed by atoms with Crippen molar-refractivity contribution in [3.63, 3.8) is 0 Å². The summed E-state index contributed by atoms with van der Waals surface area (Å²) in [6, 6.07) is 3.72. The first-order chi connectivity index (χ1) is 9.35. The molecule has 1 aliphatic rings. The molecule has 1 atom stereocenters. The second kappa shape index (κ2) is 5.97. The van der Waals surface area contributed by atoms with E-state index in [1.165, 1.54) is 18.2 Å². The number of hydrogen-bond acceptors (Lipinski definition) is 4. The van der Waals surface area contributed by atoms with Gasteiger partial charge in [-0.1, -0.05) is 11.6 Å². The molecule has 1 aromatic rings. The van der Waals surface area contributed by atoms with Gasteiger partial charge in [0.25, 0.3) is 0 Å². The zero-order valence-electron chi connectivity index (χ0n) is 10.5. The SMILES string of the molecule is O=C(CNc1ccc(F)c(Cl)c1)N[C@@H]1CCS(=O)(=O)C1. The second-order valence-corrected chi connectivity index (χ2v) is 7.29. The molecule has 0 saturated carbocycles. The Bertz CT molecular complexity index is 621. The van der Waals surface area contributed by atoms with Gasteiger partial charge in [-0.25, -0.2) is 12.8 Å². The van der Waals surface area contributed by atoms with Gasteiger partial charge < -0.3 is 10.6 Å². The normalized spacial score (nSPS) is 20.6. The number of rotatable bonds is 4. The number of hydrogen-bond donors (Lipinski definition) is 2. The average molecular weight is 321 g/mol. The Hall–Kier alpha value is -1.34. The topological polar surface area (TPSA) is 75.3 Å². The second-order valence-electron chi connectivity index (χ2n) is 4.65. The third kappa shape index (κ3) is 4.08. The smallest absolute Gasteiger partial charge is 0.239 e. The van der Waals surface area contributed by atoms with Gasteiger partial charge in [-0.3, -0.25) is 4.79 Å². The number of amides is 1. The molecule has 0 unspecified atom stereocenters. The van der Waals surface area contributed by atoms with E-state index in [0.29, 0.717) is 12.1 Å². The van der Waals surface area contributed by atoms with E-state index >= 15 is 0 Å². The minimum absolute atomic E-state index is 0.0128. The third-order valence-electron chi connectivity index (χ3n) is 2.97. The lowest BCUT2D eigenvalue weighted by Crippen LogP contribution is -2.39. The van der Waals surface area contributed by atoms with Crippen molar-refractivity contribution in [2.24, 2.45) is 0 Å². The number of benzene rings is 1. The average Bonchev–Trinajstić information content (AvgIpc) is 2.70. The van der Waals surface area contributed by atoms with Crippen molar-refractivity contribution in [1.82, 2.24) is 5.32 Å². The molecule has 1 fully saturated rings. The van der Waals surface area contributed by atoms with Crippen molar-refractivity contribution < 1.29 is 17.6 Å². The molecule has 0 spiro atoms. The van der Waals surface area contributed by atoms with Crippen LogP contribution in [0.15, 0.2) is 18.2 Å². The first-order valence-corrected chi connectivity index (χ1v) is 8.24. The van der Waals surface area contributed by atoms with E-state index in [2.05, 4.69) is 10.6 Å². The van der Waals surface area contributed by atoms with Crippen molar-refractivity contribution in [3.8, 4) is 0 Å². The molecular weight excluding hydrogens is 307 g/mol. The zero-order chi connectivity index (χ0) is 14.8. The molecule has 110 valence electrons. The van der Waals surface area contributed by atoms with Crippen LogP contribution in [0.3, 0.4) is 0 Å². The van der Waals surface area contributed by atoms with Crippen LogP contribution in [0.2, 0.25) is 5.02 Å². The summed E-state index contributed by atoms with van der Waals surface area (Å²) in [5.74, 6) is -0.745. The third-order valence-corrected chi connectivity index (χ3v) is 5.03. The van der Waals surface area contributed by atoms with Gasteiger partial charge in [-0.15, -0.1) is 0 Å². The largest absolute Gasteiger partial charge is 0.376 e. The summed E-state index contributed by atoms with van der Waals surface area (Å²) < 4.78 is 35.5. The van der Waals surface area contributed by atoms with Gasteiger partial charge in [0.15, 0.2) is 9.84 Å². The highest BCUT2D eigenvalue weighted by molar-refractivity contribution is 7.91. The van der Waals surface area contributed by atoms with Crippen LogP contribution in [0.4, 0.5) is 10.1 Å². The van der Waals surface area contributed by atoms with Crippen LogP contribution in [0.5, 0.6) is 0 Å². The molecule has 1 aromatic carbocycles. The fourth-order valence-corrected chi connectivity index (χ4v) is 3.83. The number of halogens is 2. The summed E-state index contributed by atoms with van der Waals surface area (Å²) in [5, 5.41) is 5.41. The van der Waals surface area contributed by atoms with E-state index in [0.717, 1.165) is 0 Å². The first kappa shape index (κ1) is 15.1. The highest BCUT2D eigenvalue weighted by Gasteiger charge is 2.28. The monoisotopic (exact) mass is 320 g/mol. The summed E-state index contributed by atoms with van der Waals surface area (Å²) in [5.41, 5.74) is 0.519. The zero-order valence-corrected chi connectivity index (χ0v) is 12.1. The van der Waals surface area contributed by atoms with Gasteiger partial charge in [-0.2, -0.15) is 0 Å². The number of carbonyl (C=O) groups is 1. The van der Waals surface area contributed by atoms with E-state index < -0.39 is 15.7 Å². The van der Waals surface area contributed by atoms with Crippen molar-refractivity contribution >= 4 is 33.0 Å². The van der Waals surface area contributed by atoms with Gasteiger partial charge in [0.1, 0.15) is 5.82 Å². The Morgan fingerprint density at radius 3 is 2.80 bits per heavy atom. The Morgan fingerprint density at radius 1 is 1.45 bits per heavy atom. The highest BCUT2D eigenvalue weighted by Crippen LogP contribution is 2.19. The maximum Gasteiger partial charge on any atom is 0.239 e. The lowest BCUT2D eigenvalue weighted by molar-refractivity contribution is -0.119. The van der Waals surface area contributed by atoms with E-state index in [1.54, 1.807) is 0 Å². The molecule has 0 aliphatic carbocycles. The molecule has 1 amide bonds. The molecule has 0 aromatic heterocycles. The van der Waals surface area contributed by atoms with Crippen molar-refractivity contribution in [3.05, 3.63) is 29.0 Å². The van der Waals surface area contributed by atoms with Crippen LogP contribution >= 0.6 is 11.6 Å². The standard InChI is InChI=1S/C12H14ClFN2O3S/c13-10-5-8(1-2-11(10)14)15-6-12(17)16-9-3-4-20(18,19)7-9/h1-2,5,9,15H,3-4,6-7H2,(H,16,17)/t9-/m1/s1. The molecule has 1 aliphatic heterocycles. The Kier molecular flexibility index (Phi) is 4.49. The number of sulfone groups is 1. The van der Waals surface area contributed by atoms with E-state index in [4.69, 9.17) is 11.6 Å². The van der Waals surface area contributed by atoms with E-state index in [1.807, 2.05) is 0 Å². The van der Waals surface area contributed by atoms with Crippen LogP contribution < -0.4 is 10.6 Å².